The molecule has 1 saturated heterocycles. The molecule has 1 saturated carbocycles. The molecule has 0 radical (unpaired) electrons. The van der Waals surface area contributed by atoms with Crippen molar-refractivity contribution >= 4 is 5.82 Å². The number of halogens is 3. The topological polar surface area (TPSA) is 28.2 Å². The van der Waals surface area contributed by atoms with Crippen molar-refractivity contribution < 1.29 is 13.2 Å². The molecule has 1 aromatic heterocycles. The summed E-state index contributed by atoms with van der Waals surface area (Å²) in [7, 11) is 0. The molecule has 0 unspecified atom stereocenters. The Balaban J connectivity index is 1.52. The van der Waals surface area contributed by atoms with E-state index in [9.17, 15) is 13.2 Å². The Bertz CT molecular complexity index is 460. The maximum absolute atomic E-state index is 12.6. The summed E-state index contributed by atoms with van der Waals surface area (Å²) >= 11 is 0. The predicted molar refractivity (Wildman–Crippen MR) is 75.1 cm³/mol. The maximum atomic E-state index is 12.6. The molecule has 3 nitrogen and oxygen atoms in total. The van der Waals surface area contributed by atoms with Crippen LogP contribution < -0.4 is 10.2 Å². The van der Waals surface area contributed by atoms with Crippen LogP contribution in [0.15, 0.2) is 18.3 Å². The van der Waals surface area contributed by atoms with Crippen molar-refractivity contribution in [3.63, 3.8) is 0 Å². The Kier molecular flexibility index (Phi) is 4.06. The number of anilines is 1. The fourth-order valence-corrected chi connectivity index (χ4v) is 2.69. The van der Waals surface area contributed by atoms with E-state index in [1.807, 2.05) is 23.2 Å². The molecule has 0 atom stereocenters. The highest BCUT2D eigenvalue weighted by Gasteiger charge is 2.41. The zero-order chi connectivity index (χ0) is 14.9. The minimum atomic E-state index is -4.06. The van der Waals surface area contributed by atoms with Crippen LogP contribution in [0.25, 0.3) is 0 Å². The van der Waals surface area contributed by atoms with Crippen LogP contribution in [0.3, 0.4) is 0 Å². The highest BCUT2D eigenvalue weighted by atomic mass is 19.4. The third-order valence-corrected chi connectivity index (χ3v) is 4.26. The summed E-state index contributed by atoms with van der Waals surface area (Å²) in [6.45, 7) is 1.67. The summed E-state index contributed by atoms with van der Waals surface area (Å²) in [6.07, 6.45) is 0.587. The van der Waals surface area contributed by atoms with Crippen LogP contribution >= 0.6 is 0 Å². The van der Waals surface area contributed by atoms with Gasteiger partial charge < -0.3 is 10.2 Å². The van der Waals surface area contributed by atoms with Gasteiger partial charge in [0, 0.05) is 31.9 Å². The van der Waals surface area contributed by atoms with Gasteiger partial charge >= 0.3 is 6.18 Å². The second-order valence-corrected chi connectivity index (χ2v) is 5.98. The second-order valence-electron chi connectivity index (χ2n) is 5.98. The van der Waals surface area contributed by atoms with E-state index in [1.54, 1.807) is 0 Å². The molecule has 1 aliphatic heterocycles. The smallest absolute Gasteiger partial charge is 0.357 e. The first-order chi connectivity index (χ1) is 10.0. The largest absolute Gasteiger partial charge is 0.391 e. The van der Waals surface area contributed by atoms with E-state index in [4.69, 9.17) is 0 Å². The van der Waals surface area contributed by atoms with Gasteiger partial charge in [-0.05, 0) is 37.3 Å². The van der Waals surface area contributed by atoms with Gasteiger partial charge in [0.2, 0.25) is 0 Å². The van der Waals surface area contributed by atoms with Crippen LogP contribution in [0.4, 0.5) is 19.0 Å². The highest BCUT2D eigenvalue weighted by molar-refractivity contribution is 5.39. The minimum Gasteiger partial charge on any atom is -0.357 e. The van der Waals surface area contributed by atoms with E-state index in [0.717, 1.165) is 17.9 Å². The molecule has 0 spiro atoms. The summed E-state index contributed by atoms with van der Waals surface area (Å²) in [5.74, 6) is -0.374. The molecule has 0 amide bonds. The van der Waals surface area contributed by atoms with Gasteiger partial charge in [-0.15, -0.1) is 0 Å². The third kappa shape index (κ3) is 3.87. The normalized spacial score (nSPS) is 20.8. The van der Waals surface area contributed by atoms with E-state index in [-0.39, 0.29) is 12.8 Å². The van der Waals surface area contributed by atoms with E-state index in [0.29, 0.717) is 19.1 Å². The number of piperidine rings is 1. The van der Waals surface area contributed by atoms with Crippen molar-refractivity contribution in [2.75, 3.05) is 18.0 Å². The average molecular weight is 299 g/mol. The Morgan fingerprint density at radius 3 is 2.38 bits per heavy atom. The van der Waals surface area contributed by atoms with E-state index >= 15 is 0 Å². The van der Waals surface area contributed by atoms with Gasteiger partial charge in [-0.25, -0.2) is 4.98 Å². The molecule has 6 heteroatoms. The molecule has 1 aromatic rings. The standard InChI is InChI=1S/C15H20F3N3/c16-15(17,18)12-5-7-21(8-6-12)14-4-1-11(10-20-14)9-19-13-2-3-13/h1,4,10,12-13,19H,2-3,5-9H2. The number of alkyl halides is 3. The van der Waals surface area contributed by atoms with Gasteiger partial charge in [0.15, 0.2) is 0 Å². The summed E-state index contributed by atoms with van der Waals surface area (Å²) in [4.78, 5) is 6.34. The van der Waals surface area contributed by atoms with Crippen molar-refractivity contribution in [2.24, 2.45) is 5.92 Å². The Morgan fingerprint density at radius 1 is 1.14 bits per heavy atom. The van der Waals surface area contributed by atoms with Gasteiger partial charge in [-0.3, -0.25) is 0 Å². The third-order valence-electron chi connectivity index (χ3n) is 4.26. The number of nitrogens with zero attached hydrogens (tertiary/aromatic N) is 2. The maximum Gasteiger partial charge on any atom is 0.391 e. The Labute approximate surface area is 122 Å². The zero-order valence-corrected chi connectivity index (χ0v) is 11.9. The number of hydrogen-bond donors (Lipinski definition) is 1. The Morgan fingerprint density at radius 2 is 1.86 bits per heavy atom. The van der Waals surface area contributed by atoms with Crippen LogP contribution in [0.5, 0.6) is 0 Å². The van der Waals surface area contributed by atoms with E-state index in [1.165, 1.54) is 12.8 Å². The van der Waals surface area contributed by atoms with E-state index in [2.05, 4.69) is 10.3 Å². The molecule has 0 bridgehead atoms. The van der Waals surface area contributed by atoms with Crippen LogP contribution in [0, 0.1) is 5.92 Å². The lowest BCUT2D eigenvalue weighted by atomic mass is 9.96. The molecular formula is C15H20F3N3. The first-order valence-corrected chi connectivity index (χ1v) is 7.52. The second kappa shape index (κ2) is 5.83. The molecule has 0 aromatic carbocycles. The molecule has 2 heterocycles. The number of pyridine rings is 1. The number of nitrogens with one attached hydrogen (secondary N) is 1. The fourth-order valence-electron chi connectivity index (χ4n) is 2.69. The highest BCUT2D eigenvalue weighted by Crippen LogP contribution is 2.35. The molecule has 2 fully saturated rings. The fraction of sp³-hybridized carbons (Fsp3) is 0.667. The summed E-state index contributed by atoms with van der Waals surface area (Å²) in [5, 5.41) is 3.42. The lowest BCUT2D eigenvalue weighted by Crippen LogP contribution is -2.39. The zero-order valence-electron chi connectivity index (χ0n) is 11.9. The summed E-state index contributed by atoms with van der Waals surface area (Å²) < 4.78 is 37.9. The summed E-state index contributed by atoms with van der Waals surface area (Å²) in [6, 6.07) is 4.58. The van der Waals surface area contributed by atoms with Gasteiger partial charge in [0.25, 0.3) is 0 Å². The average Bonchev–Trinajstić information content (AvgIpc) is 3.29. The van der Waals surface area contributed by atoms with Gasteiger partial charge in [-0.1, -0.05) is 6.07 Å². The van der Waals surface area contributed by atoms with Crippen LogP contribution in [0.1, 0.15) is 31.2 Å². The SMILES string of the molecule is FC(F)(F)C1CCN(c2ccc(CNC3CC3)cn2)CC1. The number of rotatable bonds is 4. The van der Waals surface area contributed by atoms with Crippen molar-refractivity contribution in [1.29, 1.82) is 0 Å². The van der Waals surface area contributed by atoms with Crippen LogP contribution in [0.2, 0.25) is 0 Å². The minimum absolute atomic E-state index is 0.163. The molecule has 3 rings (SSSR count). The van der Waals surface area contributed by atoms with Crippen molar-refractivity contribution in [3.8, 4) is 0 Å². The molecule has 2 aliphatic rings. The number of aromatic nitrogens is 1. The lowest BCUT2D eigenvalue weighted by Gasteiger charge is -2.33. The van der Waals surface area contributed by atoms with E-state index < -0.39 is 12.1 Å². The Hall–Kier alpha value is -1.30. The molecule has 1 aliphatic carbocycles. The predicted octanol–water partition coefficient (Wildman–Crippen LogP) is 3.11. The van der Waals surface area contributed by atoms with Crippen molar-refractivity contribution in [2.45, 2.75) is 44.4 Å². The van der Waals surface area contributed by atoms with Crippen molar-refractivity contribution in [3.05, 3.63) is 23.9 Å². The van der Waals surface area contributed by atoms with Gasteiger partial charge in [0.05, 0.1) is 5.92 Å². The molecular weight excluding hydrogens is 279 g/mol. The quantitative estimate of drug-likeness (QED) is 0.926. The lowest BCUT2D eigenvalue weighted by molar-refractivity contribution is -0.179. The van der Waals surface area contributed by atoms with Crippen LogP contribution in [-0.4, -0.2) is 30.3 Å². The monoisotopic (exact) mass is 299 g/mol. The molecule has 116 valence electrons. The van der Waals surface area contributed by atoms with Crippen LogP contribution in [-0.2, 0) is 6.54 Å². The summed E-state index contributed by atoms with van der Waals surface area (Å²) in [5.41, 5.74) is 1.12. The first-order valence-electron chi connectivity index (χ1n) is 7.52. The molecule has 1 N–H and O–H groups in total. The van der Waals surface area contributed by atoms with Gasteiger partial charge in [-0.2, -0.15) is 13.2 Å². The van der Waals surface area contributed by atoms with Crippen molar-refractivity contribution in [1.82, 2.24) is 10.3 Å². The van der Waals surface area contributed by atoms with Gasteiger partial charge in [0.1, 0.15) is 5.82 Å². The molecule has 21 heavy (non-hydrogen) atoms. The number of hydrogen-bond acceptors (Lipinski definition) is 3. The first kappa shape index (κ1) is 14.6.